The van der Waals surface area contributed by atoms with Gasteiger partial charge in [0.15, 0.2) is 0 Å². The first-order chi connectivity index (χ1) is 10.2. The molecule has 2 aromatic carbocycles. The first-order valence-electron chi connectivity index (χ1n) is 7.06. The van der Waals surface area contributed by atoms with E-state index in [4.69, 9.17) is 16.3 Å². The molecule has 22 heavy (non-hydrogen) atoms. The summed E-state index contributed by atoms with van der Waals surface area (Å²) in [5, 5.41) is 3.91. The lowest BCUT2D eigenvalue weighted by atomic mass is 10.1. The van der Waals surface area contributed by atoms with Crippen LogP contribution in [0.25, 0.3) is 0 Å². The summed E-state index contributed by atoms with van der Waals surface area (Å²) < 4.78 is 18.8. The van der Waals surface area contributed by atoms with Gasteiger partial charge in [-0.25, -0.2) is 4.39 Å². The van der Waals surface area contributed by atoms with Crippen molar-refractivity contribution in [2.75, 3.05) is 13.2 Å². The van der Waals surface area contributed by atoms with Crippen LogP contribution in [0.15, 0.2) is 42.5 Å². The third-order valence-corrected chi connectivity index (χ3v) is 3.45. The third-order valence-electron chi connectivity index (χ3n) is 3.15. The molecule has 5 heteroatoms. The van der Waals surface area contributed by atoms with Crippen LogP contribution in [-0.2, 0) is 13.0 Å². The summed E-state index contributed by atoms with van der Waals surface area (Å²) in [6.45, 7) is 3.93. The number of nitrogens with one attached hydrogen (secondary N) is 1. The summed E-state index contributed by atoms with van der Waals surface area (Å²) in [4.78, 5) is 0. The van der Waals surface area contributed by atoms with E-state index in [2.05, 4.69) is 5.32 Å². The van der Waals surface area contributed by atoms with Crippen molar-refractivity contribution in [2.45, 2.75) is 19.9 Å². The van der Waals surface area contributed by atoms with Gasteiger partial charge in [0.2, 0.25) is 0 Å². The summed E-state index contributed by atoms with van der Waals surface area (Å²) >= 11 is 6.14. The molecule has 0 amide bonds. The highest BCUT2D eigenvalue weighted by atomic mass is 35.5. The molecule has 0 aliphatic carbocycles. The van der Waals surface area contributed by atoms with E-state index in [9.17, 15) is 4.39 Å². The van der Waals surface area contributed by atoms with E-state index in [-0.39, 0.29) is 18.2 Å². The van der Waals surface area contributed by atoms with Crippen molar-refractivity contribution in [1.82, 2.24) is 5.32 Å². The smallest absolute Gasteiger partial charge is 0.137 e. The Balaban J connectivity index is 0.00000242. The van der Waals surface area contributed by atoms with Crippen molar-refractivity contribution in [2.24, 2.45) is 0 Å². The number of hydrogen-bond donors (Lipinski definition) is 1. The van der Waals surface area contributed by atoms with Gasteiger partial charge >= 0.3 is 0 Å². The minimum absolute atomic E-state index is 0. The van der Waals surface area contributed by atoms with Gasteiger partial charge < -0.3 is 10.1 Å². The van der Waals surface area contributed by atoms with Gasteiger partial charge in [-0.2, -0.15) is 0 Å². The van der Waals surface area contributed by atoms with Crippen LogP contribution in [0, 0.1) is 5.82 Å². The zero-order valence-electron chi connectivity index (χ0n) is 12.4. The van der Waals surface area contributed by atoms with E-state index in [0.717, 1.165) is 11.1 Å². The first-order valence-corrected chi connectivity index (χ1v) is 7.44. The molecule has 0 aliphatic rings. The standard InChI is InChI=1S/C17H19ClFNO.ClH/c1-2-21-17-8-7-13(11-15(17)18)12-20-10-9-14-5-3-4-6-16(14)19;/h3-8,11,20H,2,9-10,12H2,1H3;1H. The van der Waals surface area contributed by atoms with Crippen LogP contribution in [0.2, 0.25) is 5.02 Å². The molecule has 0 aliphatic heterocycles. The maximum absolute atomic E-state index is 13.5. The minimum Gasteiger partial charge on any atom is -0.492 e. The fraction of sp³-hybridized carbons (Fsp3) is 0.294. The number of benzene rings is 2. The van der Waals surface area contributed by atoms with Crippen molar-refractivity contribution >= 4 is 24.0 Å². The minimum atomic E-state index is -0.150. The molecule has 0 bridgehead atoms. The second-order valence-electron chi connectivity index (χ2n) is 4.72. The van der Waals surface area contributed by atoms with E-state index >= 15 is 0 Å². The first kappa shape index (κ1) is 18.8. The molecule has 0 unspecified atom stereocenters. The lowest BCUT2D eigenvalue weighted by molar-refractivity contribution is 0.340. The molecule has 0 spiro atoms. The quantitative estimate of drug-likeness (QED) is 0.740. The van der Waals surface area contributed by atoms with Gasteiger partial charge in [-0.05, 0) is 49.2 Å². The van der Waals surface area contributed by atoms with Gasteiger partial charge in [0.25, 0.3) is 0 Å². The average Bonchev–Trinajstić information content (AvgIpc) is 2.48. The van der Waals surface area contributed by atoms with Crippen molar-refractivity contribution < 1.29 is 9.13 Å². The normalized spacial score (nSPS) is 10.1. The summed E-state index contributed by atoms with van der Waals surface area (Å²) in [5.41, 5.74) is 1.81. The number of rotatable bonds is 7. The lowest BCUT2D eigenvalue weighted by Crippen LogP contribution is -2.17. The Kier molecular flexibility index (Phi) is 8.25. The molecule has 1 N–H and O–H groups in total. The average molecular weight is 344 g/mol. The number of halogens is 3. The SMILES string of the molecule is CCOc1ccc(CNCCc2ccccc2F)cc1Cl.Cl. The lowest BCUT2D eigenvalue weighted by Gasteiger charge is -2.09. The van der Waals surface area contributed by atoms with Crippen LogP contribution >= 0.6 is 24.0 Å². The molecular formula is C17H20Cl2FNO. The summed E-state index contributed by atoms with van der Waals surface area (Å²) in [6, 6.07) is 12.6. The molecule has 0 saturated heterocycles. The maximum Gasteiger partial charge on any atom is 0.137 e. The fourth-order valence-corrected chi connectivity index (χ4v) is 2.34. The van der Waals surface area contributed by atoms with Crippen LogP contribution in [0.1, 0.15) is 18.1 Å². The third kappa shape index (κ3) is 5.48. The predicted molar refractivity (Wildman–Crippen MR) is 91.7 cm³/mol. The zero-order valence-corrected chi connectivity index (χ0v) is 14.0. The van der Waals surface area contributed by atoms with Crippen LogP contribution in [0.5, 0.6) is 5.75 Å². The van der Waals surface area contributed by atoms with E-state index in [1.165, 1.54) is 6.07 Å². The highest BCUT2D eigenvalue weighted by molar-refractivity contribution is 6.32. The molecule has 0 fully saturated rings. The van der Waals surface area contributed by atoms with Crippen molar-refractivity contribution in [3.63, 3.8) is 0 Å². The Labute approximate surface area is 142 Å². The van der Waals surface area contributed by atoms with Gasteiger partial charge in [-0.1, -0.05) is 35.9 Å². The molecule has 0 heterocycles. The Bertz CT molecular complexity index is 593. The highest BCUT2D eigenvalue weighted by Gasteiger charge is 2.03. The summed E-state index contributed by atoms with van der Waals surface area (Å²) in [5.74, 6) is 0.553. The molecule has 0 aromatic heterocycles. The molecule has 2 aromatic rings. The maximum atomic E-state index is 13.5. The second kappa shape index (κ2) is 9.67. The van der Waals surface area contributed by atoms with Gasteiger partial charge in [0.05, 0.1) is 11.6 Å². The molecule has 2 rings (SSSR count). The van der Waals surface area contributed by atoms with Gasteiger partial charge in [-0.15, -0.1) is 12.4 Å². The molecular weight excluding hydrogens is 324 g/mol. The molecule has 0 saturated carbocycles. The second-order valence-corrected chi connectivity index (χ2v) is 5.12. The molecule has 0 atom stereocenters. The fourth-order valence-electron chi connectivity index (χ4n) is 2.08. The Morgan fingerprint density at radius 2 is 1.95 bits per heavy atom. The molecule has 0 radical (unpaired) electrons. The highest BCUT2D eigenvalue weighted by Crippen LogP contribution is 2.25. The topological polar surface area (TPSA) is 21.3 Å². The van der Waals surface area contributed by atoms with Crippen molar-refractivity contribution in [1.29, 1.82) is 0 Å². The number of ether oxygens (including phenoxy) is 1. The summed E-state index contributed by atoms with van der Waals surface area (Å²) in [6.07, 6.45) is 0.664. The van der Waals surface area contributed by atoms with Gasteiger partial charge in [-0.3, -0.25) is 0 Å². The largest absolute Gasteiger partial charge is 0.492 e. The van der Waals surface area contributed by atoms with E-state index in [0.29, 0.717) is 36.9 Å². The predicted octanol–water partition coefficient (Wildman–Crippen LogP) is 4.63. The molecule has 2 nitrogen and oxygen atoms in total. The van der Waals surface area contributed by atoms with Gasteiger partial charge in [0.1, 0.15) is 11.6 Å². The monoisotopic (exact) mass is 343 g/mol. The Hall–Kier alpha value is -1.29. The Morgan fingerprint density at radius 1 is 1.18 bits per heavy atom. The Morgan fingerprint density at radius 3 is 2.64 bits per heavy atom. The van der Waals surface area contributed by atoms with E-state index in [1.807, 2.05) is 37.3 Å². The van der Waals surface area contributed by atoms with Gasteiger partial charge in [0, 0.05) is 6.54 Å². The summed E-state index contributed by atoms with van der Waals surface area (Å²) in [7, 11) is 0. The zero-order chi connectivity index (χ0) is 15.1. The van der Waals surface area contributed by atoms with Crippen LogP contribution in [0.4, 0.5) is 4.39 Å². The van der Waals surface area contributed by atoms with E-state index in [1.54, 1.807) is 6.07 Å². The van der Waals surface area contributed by atoms with Crippen molar-refractivity contribution in [3.8, 4) is 5.75 Å². The van der Waals surface area contributed by atoms with Crippen molar-refractivity contribution in [3.05, 3.63) is 64.4 Å². The van der Waals surface area contributed by atoms with Crippen LogP contribution < -0.4 is 10.1 Å². The van der Waals surface area contributed by atoms with Crippen LogP contribution in [0.3, 0.4) is 0 Å². The van der Waals surface area contributed by atoms with E-state index < -0.39 is 0 Å². The molecule has 120 valence electrons. The van der Waals surface area contributed by atoms with Crippen LogP contribution in [-0.4, -0.2) is 13.2 Å². The number of hydrogen-bond acceptors (Lipinski definition) is 2.